The maximum atomic E-state index is 11.6. The van der Waals surface area contributed by atoms with Crippen LogP contribution in [0.1, 0.15) is 44.6 Å². The lowest BCUT2D eigenvalue weighted by Crippen LogP contribution is -2.38. The Morgan fingerprint density at radius 3 is 2.96 bits per heavy atom. The first-order valence-electron chi connectivity index (χ1n) is 8.13. The van der Waals surface area contributed by atoms with Crippen molar-refractivity contribution in [1.82, 2.24) is 4.90 Å². The molecule has 1 fully saturated rings. The zero-order valence-electron chi connectivity index (χ0n) is 13.5. The van der Waals surface area contributed by atoms with Crippen molar-refractivity contribution in [2.45, 2.75) is 39.0 Å². The number of carbonyl (C=O) groups is 2. The van der Waals surface area contributed by atoms with Crippen LogP contribution in [0.4, 0.5) is 4.79 Å². The second kappa shape index (κ2) is 6.58. The van der Waals surface area contributed by atoms with Crippen molar-refractivity contribution in [2.75, 3.05) is 19.6 Å². The van der Waals surface area contributed by atoms with E-state index in [1.165, 1.54) is 6.92 Å². The molecule has 0 saturated carbocycles. The van der Waals surface area contributed by atoms with Crippen LogP contribution >= 0.6 is 0 Å². The summed E-state index contributed by atoms with van der Waals surface area (Å²) in [6.45, 7) is 6.58. The summed E-state index contributed by atoms with van der Waals surface area (Å²) in [5.41, 5.74) is 0.855. The van der Waals surface area contributed by atoms with E-state index in [-0.39, 0.29) is 11.9 Å². The molecule has 0 aromatic heterocycles. The van der Waals surface area contributed by atoms with Crippen LogP contribution in [-0.4, -0.2) is 36.5 Å². The van der Waals surface area contributed by atoms with Gasteiger partial charge in [-0.3, -0.25) is 4.79 Å². The molecule has 1 atom stereocenters. The van der Waals surface area contributed by atoms with E-state index in [9.17, 15) is 9.59 Å². The molecular weight excluding hydrogens is 294 g/mol. The minimum absolute atomic E-state index is 0.199. The summed E-state index contributed by atoms with van der Waals surface area (Å²) in [4.78, 5) is 33.4. The van der Waals surface area contributed by atoms with E-state index in [1.54, 1.807) is 12.1 Å². The SMILES string of the molecule is CCCN1CCCC(c2c(OC(C)=O)ccc3c2=NC(=O)N=3)C1. The summed E-state index contributed by atoms with van der Waals surface area (Å²) in [5, 5.41) is 1.16. The zero-order chi connectivity index (χ0) is 16.4. The molecule has 0 N–H and O–H groups in total. The first kappa shape index (κ1) is 15.8. The Bertz CT molecular complexity index is 755. The summed E-state index contributed by atoms with van der Waals surface area (Å²) in [6, 6.07) is 2.94. The van der Waals surface area contributed by atoms with E-state index in [2.05, 4.69) is 21.8 Å². The van der Waals surface area contributed by atoms with Gasteiger partial charge >= 0.3 is 12.0 Å². The van der Waals surface area contributed by atoms with Crippen LogP contribution in [0.25, 0.3) is 0 Å². The third-order valence-electron chi connectivity index (χ3n) is 4.29. The van der Waals surface area contributed by atoms with Gasteiger partial charge in [-0.05, 0) is 44.5 Å². The fraction of sp³-hybridized carbons (Fsp3) is 0.529. The number of rotatable bonds is 4. The Kier molecular flexibility index (Phi) is 4.52. The molecule has 2 aliphatic rings. The zero-order valence-corrected chi connectivity index (χ0v) is 13.5. The Hall–Kier alpha value is -2.08. The van der Waals surface area contributed by atoms with Gasteiger partial charge in [0.25, 0.3) is 0 Å². The highest BCUT2D eigenvalue weighted by Gasteiger charge is 2.27. The van der Waals surface area contributed by atoms with Crippen molar-refractivity contribution in [3.63, 3.8) is 0 Å². The average molecular weight is 315 g/mol. The number of ether oxygens (including phenoxy) is 1. The Morgan fingerprint density at radius 1 is 1.39 bits per heavy atom. The topological polar surface area (TPSA) is 71.3 Å². The maximum absolute atomic E-state index is 11.6. The first-order valence-corrected chi connectivity index (χ1v) is 8.13. The fourth-order valence-corrected chi connectivity index (χ4v) is 3.46. The molecule has 0 bridgehead atoms. The maximum Gasteiger partial charge on any atom is 0.368 e. The molecule has 2 heterocycles. The predicted octanol–water partition coefficient (Wildman–Crippen LogP) is 1.57. The monoisotopic (exact) mass is 315 g/mol. The largest absolute Gasteiger partial charge is 0.426 e. The van der Waals surface area contributed by atoms with Crippen LogP contribution in [0.5, 0.6) is 5.75 Å². The third-order valence-corrected chi connectivity index (χ3v) is 4.29. The van der Waals surface area contributed by atoms with Crippen molar-refractivity contribution in [1.29, 1.82) is 0 Å². The van der Waals surface area contributed by atoms with Crippen LogP contribution in [0.15, 0.2) is 22.1 Å². The van der Waals surface area contributed by atoms with Crippen LogP contribution in [0, 0.1) is 0 Å². The molecule has 0 spiro atoms. The number of benzene rings is 1. The predicted molar refractivity (Wildman–Crippen MR) is 84.2 cm³/mol. The van der Waals surface area contributed by atoms with Gasteiger partial charge in [0, 0.05) is 24.9 Å². The van der Waals surface area contributed by atoms with Gasteiger partial charge in [-0.1, -0.05) is 6.92 Å². The van der Waals surface area contributed by atoms with Crippen molar-refractivity contribution in [3.8, 4) is 5.75 Å². The highest BCUT2D eigenvalue weighted by atomic mass is 16.5. The number of amides is 2. The molecule has 1 unspecified atom stereocenters. The first-order chi connectivity index (χ1) is 11.1. The highest BCUT2D eigenvalue weighted by Crippen LogP contribution is 2.31. The molecule has 1 aromatic carbocycles. The molecule has 6 heteroatoms. The van der Waals surface area contributed by atoms with Gasteiger partial charge < -0.3 is 9.64 Å². The fourth-order valence-electron chi connectivity index (χ4n) is 3.46. The van der Waals surface area contributed by atoms with E-state index in [4.69, 9.17) is 4.74 Å². The summed E-state index contributed by atoms with van der Waals surface area (Å²) >= 11 is 0. The third kappa shape index (κ3) is 3.32. The van der Waals surface area contributed by atoms with Crippen LogP contribution in [-0.2, 0) is 4.79 Å². The normalized spacial score (nSPS) is 20.6. The van der Waals surface area contributed by atoms with Crippen molar-refractivity contribution < 1.29 is 14.3 Å². The highest BCUT2D eigenvalue weighted by molar-refractivity contribution is 5.78. The number of urea groups is 1. The molecule has 122 valence electrons. The van der Waals surface area contributed by atoms with Crippen LogP contribution in [0.3, 0.4) is 0 Å². The number of hydrogen-bond acceptors (Lipinski definition) is 4. The summed E-state index contributed by atoms with van der Waals surface area (Å²) < 4.78 is 5.38. The smallest absolute Gasteiger partial charge is 0.368 e. The summed E-state index contributed by atoms with van der Waals surface area (Å²) in [7, 11) is 0. The van der Waals surface area contributed by atoms with Crippen molar-refractivity contribution in [3.05, 3.63) is 28.4 Å². The number of carbonyl (C=O) groups excluding carboxylic acids is 2. The van der Waals surface area contributed by atoms with Gasteiger partial charge in [0.1, 0.15) is 11.1 Å². The number of nitrogens with zero attached hydrogens (tertiary/aromatic N) is 3. The lowest BCUT2D eigenvalue weighted by molar-refractivity contribution is -0.131. The summed E-state index contributed by atoms with van der Waals surface area (Å²) in [6.07, 6.45) is 3.18. The molecule has 0 radical (unpaired) electrons. The molecule has 2 amide bonds. The number of likely N-dealkylation sites (tertiary alicyclic amines) is 1. The van der Waals surface area contributed by atoms with E-state index < -0.39 is 6.03 Å². The quantitative estimate of drug-likeness (QED) is 0.624. The Labute approximate surface area is 134 Å². The van der Waals surface area contributed by atoms with Gasteiger partial charge in [-0.2, -0.15) is 9.98 Å². The molecule has 23 heavy (non-hydrogen) atoms. The van der Waals surface area contributed by atoms with E-state index >= 15 is 0 Å². The average Bonchev–Trinajstić information content (AvgIpc) is 2.87. The van der Waals surface area contributed by atoms with Gasteiger partial charge in [0.05, 0.1) is 5.36 Å². The second-order valence-corrected chi connectivity index (χ2v) is 6.08. The standard InChI is InChI=1S/C17H21N3O3/c1-3-8-20-9-4-5-12(10-20)15-14(23-11(2)21)7-6-13-16(15)19-17(22)18-13/h6-7,12H,3-5,8-10H2,1-2H3. The molecular formula is C17H21N3O3. The van der Waals surface area contributed by atoms with Crippen molar-refractivity contribution in [2.24, 2.45) is 9.98 Å². The number of fused-ring (bicyclic) bond motifs is 1. The number of hydrogen-bond donors (Lipinski definition) is 0. The van der Waals surface area contributed by atoms with Gasteiger partial charge in [-0.15, -0.1) is 0 Å². The molecule has 1 saturated heterocycles. The number of esters is 1. The molecule has 6 nitrogen and oxygen atoms in total. The Balaban J connectivity index is 2.05. The lowest BCUT2D eigenvalue weighted by Gasteiger charge is -2.33. The van der Waals surface area contributed by atoms with E-state index in [0.717, 1.165) is 44.5 Å². The van der Waals surface area contributed by atoms with E-state index in [1.807, 2.05) is 0 Å². The van der Waals surface area contributed by atoms with Crippen molar-refractivity contribution >= 4 is 12.0 Å². The minimum Gasteiger partial charge on any atom is -0.426 e. The van der Waals surface area contributed by atoms with Crippen LogP contribution < -0.4 is 15.5 Å². The van der Waals surface area contributed by atoms with Crippen LogP contribution in [0.2, 0.25) is 0 Å². The molecule has 1 aromatic rings. The lowest BCUT2D eigenvalue weighted by atomic mass is 9.89. The minimum atomic E-state index is -0.484. The number of piperidine rings is 1. The van der Waals surface area contributed by atoms with E-state index in [0.29, 0.717) is 16.5 Å². The summed E-state index contributed by atoms with van der Waals surface area (Å²) in [5.74, 6) is 0.339. The molecule has 3 rings (SSSR count). The Morgan fingerprint density at radius 2 is 2.22 bits per heavy atom. The second-order valence-electron chi connectivity index (χ2n) is 6.08. The van der Waals surface area contributed by atoms with Gasteiger partial charge in [-0.25, -0.2) is 4.79 Å². The van der Waals surface area contributed by atoms with Gasteiger partial charge in [0.2, 0.25) is 0 Å². The van der Waals surface area contributed by atoms with Gasteiger partial charge in [0.15, 0.2) is 0 Å². The molecule has 0 aliphatic carbocycles. The molecule has 2 aliphatic heterocycles.